The van der Waals surface area contributed by atoms with Crippen molar-refractivity contribution in [3.63, 3.8) is 0 Å². The summed E-state index contributed by atoms with van der Waals surface area (Å²) in [4.78, 5) is 37.1. The van der Waals surface area contributed by atoms with Crippen molar-refractivity contribution in [1.29, 1.82) is 0 Å². The van der Waals surface area contributed by atoms with Crippen molar-refractivity contribution in [2.75, 3.05) is 0 Å². The van der Waals surface area contributed by atoms with Crippen LogP contribution in [0.3, 0.4) is 0 Å². The Hall–Kier alpha value is -2.70. The van der Waals surface area contributed by atoms with Crippen LogP contribution >= 0.6 is 0 Å². The standard InChI is InChI=1S/C19H22FN3O3/c20-15-6-4-13(5-7-15)12-14-2-1-3-16(14)21-17(24)8-10-23-11-9-18(25)22-19(23)26/h4-7,9,11,14,16H,1-3,8,10,12H2,(H,21,24)(H,22,25,26)/t14-,16-/m0/s1. The first-order valence-corrected chi connectivity index (χ1v) is 8.85. The van der Waals surface area contributed by atoms with E-state index in [1.165, 1.54) is 29.0 Å². The fourth-order valence-corrected chi connectivity index (χ4v) is 3.52. The summed E-state index contributed by atoms with van der Waals surface area (Å²) in [5.41, 5.74) is 0.1000. The summed E-state index contributed by atoms with van der Waals surface area (Å²) in [5, 5.41) is 3.06. The number of hydrogen-bond acceptors (Lipinski definition) is 3. The van der Waals surface area contributed by atoms with E-state index in [4.69, 9.17) is 0 Å². The van der Waals surface area contributed by atoms with E-state index < -0.39 is 11.2 Å². The first-order valence-electron chi connectivity index (χ1n) is 8.85. The molecule has 0 radical (unpaired) electrons. The third kappa shape index (κ3) is 4.68. The van der Waals surface area contributed by atoms with E-state index in [2.05, 4.69) is 10.3 Å². The number of hydrogen-bond donors (Lipinski definition) is 2. The molecule has 2 N–H and O–H groups in total. The van der Waals surface area contributed by atoms with Gasteiger partial charge >= 0.3 is 5.69 Å². The Labute approximate surface area is 150 Å². The number of benzene rings is 1. The molecular formula is C19H22FN3O3. The number of aryl methyl sites for hydroxylation is 1. The van der Waals surface area contributed by atoms with Crippen LogP contribution in [-0.4, -0.2) is 21.5 Å². The quantitative estimate of drug-likeness (QED) is 0.822. The number of carbonyl (C=O) groups is 1. The molecule has 26 heavy (non-hydrogen) atoms. The van der Waals surface area contributed by atoms with Gasteiger partial charge in [0.05, 0.1) is 0 Å². The van der Waals surface area contributed by atoms with Crippen molar-refractivity contribution in [2.45, 2.75) is 44.7 Å². The summed E-state index contributed by atoms with van der Waals surface area (Å²) >= 11 is 0. The SMILES string of the molecule is O=C(CCn1ccc(=O)[nH]c1=O)N[C@H]1CCC[C@H]1Cc1ccc(F)cc1. The summed E-state index contributed by atoms with van der Waals surface area (Å²) in [6.45, 7) is 0.219. The second kappa shape index (κ2) is 8.12. The zero-order chi connectivity index (χ0) is 18.5. The van der Waals surface area contributed by atoms with E-state index in [0.29, 0.717) is 5.92 Å². The number of nitrogens with zero attached hydrogens (tertiary/aromatic N) is 1. The van der Waals surface area contributed by atoms with Crippen LogP contribution < -0.4 is 16.6 Å². The number of carbonyl (C=O) groups excluding carboxylic acids is 1. The fourth-order valence-electron chi connectivity index (χ4n) is 3.52. The maximum absolute atomic E-state index is 13.0. The first-order chi connectivity index (χ1) is 12.5. The van der Waals surface area contributed by atoms with Crippen LogP contribution in [0.5, 0.6) is 0 Å². The molecule has 1 aromatic heterocycles. The Morgan fingerprint density at radius 1 is 1.19 bits per heavy atom. The maximum Gasteiger partial charge on any atom is 0.328 e. The van der Waals surface area contributed by atoms with E-state index in [0.717, 1.165) is 31.2 Å². The van der Waals surface area contributed by atoms with Gasteiger partial charge in [-0.2, -0.15) is 0 Å². The highest BCUT2D eigenvalue weighted by Crippen LogP contribution is 2.29. The first kappa shape index (κ1) is 18.1. The van der Waals surface area contributed by atoms with E-state index in [9.17, 15) is 18.8 Å². The van der Waals surface area contributed by atoms with E-state index >= 15 is 0 Å². The number of aromatic nitrogens is 2. The monoisotopic (exact) mass is 359 g/mol. The van der Waals surface area contributed by atoms with Crippen LogP contribution in [0.25, 0.3) is 0 Å². The highest BCUT2D eigenvalue weighted by Gasteiger charge is 2.28. The summed E-state index contributed by atoms with van der Waals surface area (Å²) < 4.78 is 14.3. The van der Waals surface area contributed by atoms with Gasteiger partial charge in [-0.1, -0.05) is 18.6 Å². The predicted molar refractivity (Wildman–Crippen MR) is 95.3 cm³/mol. The molecule has 7 heteroatoms. The second-order valence-corrected chi connectivity index (χ2v) is 6.75. The molecule has 3 rings (SSSR count). The molecule has 0 bridgehead atoms. The molecule has 0 aliphatic heterocycles. The molecule has 1 aliphatic carbocycles. The van der Waals surface area contributed by atoms with E-state index in [-0.39, 0.29) is 30.7 Å². The number of aromatic amines is 1. The average molecular weight is 359 g/mol. The van der Waals surface area contributed by atoms with Gasteiger partial charge in [0.2, 0.25) is 5.91 Å². The molecule has 1 aliphatic rings. The third-order valence-electron chi connectivity index (χ3n) is 4.89. The van der Waals surface area contributed by atoms with Gasteiger partial charge in [-0.25, -0.2) is 9.18 Å². The highest BCUT2D eigenvalue weighted by atomic mass is 19.1. The van der Waals surface area contributed by atoms with Crippen molar-refractivity contribution in [2.24, 2.45) is 5.92 Å². The summed E-state index contributed by atoms with van der Waals surface area (Å²) in [6, 6.07) is 7.85. The number of halogens is 1. The molecule has 1 heterocycles. The van der Waals surface area contributed by atoms with Crippen LogP contribution in [0.2, 0.25) is 0 Å². The van der Waals surface area contributed by atoms with E-state index in [1.54, 1.807) is 12.1 Å². The molecular weight excluding hydrogens is 337 g/mol. The summed E-state index contributed by atoms with van der Waals surface area (Å²) in [5.74, 6) is -0.0261. The van der Waals surface area contributed by atoms with Crippen molar-refractivity contribution in [3.8, 4) is 0 Å². The zero-order valence-corrected chi connectivity index (χ0v) is 14.4. The fraction of sp³-hybridized carbons (Fsp3) is 0.421. The molecule has 6 nitrogen and oxygen atoms in total. The molecule has 1 amide bonds. The van der Waals surface area contributed by atoms with Gasteiger partial charge in [0.1, 0.15) is 5.82 Å². The molecule has 0 spiro atoms. The molecule has 138 valence electrons. The van der Waals surface area contributed by atoms with Crippen LogP contribution in [-0.2, 0) is 17.8 Å². The van der Waals surface area contributed by atoms with Gasteiger partial charge in [-0.05, 0) is 42.9 Å². The van der Waals surface area contributed by atoms with E-state index in [1.807, 2.05) is 0 Å². The Kier molecular flexibility index (Phi) is 5.65. The normalized spacial score (nSPS) is 19.4. The van der Waals surface area contributed by atoms with Crippen LogP contribution in [0.4, 0.5) is 4.39 Å². The second-order valence-electron chi connectivity index (χ2n) is 6.75. The van der Waals surface area contributed by atoms with Crippen molar-refractivity contribution < 1.29 is 9.18 Å². The van der Waals surface area contributed by atoms with Gasteiger partial charge in [0.15, 0.2) is 0 Å². The van der Waals surface area contributed by atoms with Gasteiger partial charge < -0.3 is 9.88 Å². The van der Waals surface area contributed by atoms with Crippen molar-refractivity contribution in [3.05, 3.63) is 68.7 Å². The minimum Gasteiger partial charge on any atom is -0.353 e. The molecule has 0 saturated heterocycles. The van der Waals surface area contributed by atoms with Gasteiger partial charge in [-0.3, -0.25) is 14.6 Å². The van der Waals surface area contributed by atoms with Crippen LogP contribution in [0.1, 0.15) is 31.2 Å². The predicted octanol–water partition coefficient (Wildman–Crippen LogP) is 1.59. The average Bonchev–Trinajstić information content (AvgIpc) is 3.03. The molecule has 1 aromatic carbocycles. The molecule has 1 fully saturated rings. The van der Waals surface area contributed by atoms with Crippen LogP contribution in [0, 0.1) is 11.7 Å². The Morgan fingerprint density at radius 3 is 2.69 bits per heavy atom. The lowest BCUT2D eigenvalue weighted by atomic mass is 9.94. The lowest BCUT2D eigenvalue weighted by molar-refractivity contribution is -0.122. The molecule has 2 aromatic rings. The van der Waals surface area contributed by atoms with Crippen molar-refractivity contribution >= 4 is 5.91 Å². The summed E-state index contributed by atoms with van der Waals surface area (Å²) in [7, 11) is 0. The van der Waals surface area contributed by atoms with Gasteiger partial charge in [-0.15, -0.1) is 0 Å². The van der Waals surface area contributed by atoms with Gasteiger partial charge in [0, 0.05) is 31.3 Å². The number of rotatable bonds is 6. The summed E-state index contributed by atoms with van der Waals surface area (Å²) in [6.07, 6.45) is 5.38. The molecule has 1 saturated carbocycles. The minimum absolute atomic E-state index is 0.0971. The smallest absolute Gasteiger partial charge is 0.328 e. The minimum atomic E-state index is -0.514. The maximum atomic E-state index is 13.0. The Morgan fingerprint density at radius 2 is 1.96 bits per heavy atom. The highest BCUT2D eigenvalue weighted by molar-refractivity contribution is 5.76. The molecule has 0 unspecified atom stereocenters. The molecule has 2 atom stereocenters. The Bertz CT molecular complexity index is 873. The van der Waals surface area contributed by atoms with Crippen LogP contribution in [0.15, 0.2) is 46.1 Å². The number of amides is 1. The Balaban J connectivity index is 1.53. The number of nitrogens with one attached hydrogen (secondary N) is 2. The zero-order valence-electron chi connectivity index (χ0n) is 14.4. The largest absolute Gasteiger partial charge is 0.353 e. The number of H-pyrrole nitrogens is 1. The lowest BCUT2D eigenvalue weighted by Crippen LogP contribution is -2.39. The topological polar surface area (TPSA) is 84.0 Å². The lowest BCUT2D eigenvalue weighted by Gasteiger charge is -2.21. The van der Waals surface area contributed by atoms with Gasteiger partial charge in [0.25, 0.3) is 5.56 Å². The third-order valence-corrected chi connectivity index (χ3v) is 4.89. The van der Waals surface area contributed by atoms with Crippen molar-refractivity contribution in [1.82, 2.24) is 14.9 Å².